The standard InChI is InChI=1S/C21H14N4O4S/c1-11-6-19(23-20(26)17-7-12-4-2-3-5-14(12)29-17)25(24-11)21-22-13-8-15-16(28-10-27-15)9-18(13)30-21/h2-9H,10H2,1H3,(H,23,26). The number of aromatic nitrogens is 3. The van der Waals surface area contributed by atoms with Crippen LogP contribution in [-0.4, -0.2) is 27.5 Å². The number of para-hydroxylation sites is 1. The molecule has 0 saturated carbocycles. The van der Waals surface area contributed by atoms with Gasteiger partial charge in [-0.3, -0.25) is 4.79 Å². The fraction of sp³-hybridized carbons (Fsp3) is 0.0952. The van der Waals surface area contributed by atoms with Crippen LogP contribution in [0.15, 0.2) is 52.9 Å². The molecule has 30 heavy (non-hydrogen) atoms. The second-order valence-corrected chi connectivity index (χ2v) is 7.86. The Morgan fingerprint density at radius 2 is 1.97 bits per heavy atom. The summed E-state index contributed by atoms with van der Waals surface area (Å²) in [6.07, 6.45) is 0. The second kappa shape index (κ2) is 6.33. The van der Waals surface area contributed by atoms with Crippen molar-refractivity contribution >= 4 is 44.2 Å². The highest BCUT2D eigenvalue weighted by atomic mass is 32.1. The highest BCUT2D eigenvalue weighted by molar-refractivity contribution is 7.20. The van der Waals surface area contributed by atoms with Crippen LogP contribution < -0.4 is 14.8 Å². The topological polar surface area (TPSA) is 91.4 Å². The number of carbonyl (C=O) groups excluding carboxylic acids is 1. The van der Waals surface area contributed by atoms with Gasteiger partial charge < -0.3 is 19.2 Å². The third-order valence-corrected chi connectivity index (χ3v) is 5.77. The van der Waals surface area contributed by atoms with E-state index >= 15 is 0 Å². The van der Waals surface area contributed by atoms with Crippen molar-refractivity contribution in [2.75, 3.05) is 12.1 Å². The lowest BCUT2D eigenvalue weighted by Gasteiger charge is -2.04. The van der Waals surface area contributed by atoms with E-state index in [1.54, 1.807) is 16.8 Å². The van der Waals surface area contributed by atoms with Crippen LogP contribution in [0.2, 0.25) is 0 Å². The lowest BCUT2D eigenvalue weighted by molar-refractivity contribution is 0.0998. The molecule has 1 N–H and O–H groups in total. The van der Waals surface area contributed by atoms with Gasteiger partial charge in [0, 0.05) is 23.6 Å². The summed E-state index contributed by atoms with van der Waals surface area (Å²) in [5.41, 5.74) is 2.20. The molecule has 8 nitrogen and oxygen atoms in total. The van der Waals surface area contributed by atoms with E-state index in [2.05, 4.69) is 15.4 Å². The molecule has 0 spiro atoms. The van der Waals surface area contributed by atoms with Gasteiger partial charge in [-0.25, -0.2) is 4.98 Å². The number of carbonyl (C=O) groups is 1. The molecule has 5 aromatic rings. The second-order valence-electron chi connectivity index (χ2n) is 6.85. The number of benzene rings is 2. The predicted molar refractivity (Wildman–Crippen MR) is 112 cm³/mol. The van der Waals surface area contributed by atoms with Crippen LogP contribution in [0.1, 0.15) is 16.2 Å². The number of fused-ring (bicyclic) bond motifs is 3. The maximum Gasteiger partial charge on any atom is 0.292 e. The molecular weight excluding hydrogens is 404 g/mol. The maximum atomic E-state index is 12.8. The minimum absolute atomic E-state index is 0.218. The van der Waals surface area contributed by atoms with Gasteiger partial charge in [-0.15, -0.1) is 0 Å². The summed E-state index contributed by atoms with van der Waals surface area (Å²) in [7, 11) is 0. The van der Waals surface area contributed by atoms with Gasteiger partial charge >= 0.3 is 0 Å². The molecule has 4 heterocycles. The van der Waals surface area contributed by atoms with Gasteiger partial charge in [0.15, 0.2) is 17.3 Å². The zero-order valence-corrected chi connectivity index (χ0v) is 16.5. The van der Waals surface area contributed by atoms with Crippen molar-refractivity contribution in [3.8, 4) is 16.6 Å². The summed E-state index contributed by atoms with van der Waals surface area (Å²) in [6, 6.07) is 14.8. The van der Waals surface area contributed by atoms with Gasteiger partial charge in [0.1, 0.15) is 11.4 Å². The van der Waals surface area contributed by atoms with E-state index in [4.69, 9.17) is 13.9 Å². The number of nitrogens with zero attached hydrogens (tertiary/aromatic N) is 3. The fourth-order valence-electron chi connectivity index (χ4n) is 3.40. The minimum Gasteiger partial charge on any atom is -0.454 e. The molecule has 0 unspecified atom stereocenters. The first-order valence-electron chi connectivity index (χ1n) is 9.21. The Balaban J connectivity index is 1.36. The summed E-state index contributed by atoms with van der Waals surface area (Å²) in [6.45, 7) is 2.08. The van der Waals surface area contributed by atoms with Crippen molar-refractivity contribution in [3.05, 3.63) is 60.0 Å². The number of furan rings is 1. The van der Waals surface area contributed by atoms with Crippen LogP contribution in [0.3, 0.4) is 0 Å². The van der Waals surface area contributed by atoms with E-state index < -0.39 is 0 Å². The number of nitrogens with one attached hydrogen (secondary N) is 1. The first-order valence-corrected chi connectivity index (χ1v) is 10.0. The Bertz CT molecular complexity index is 1370. The third kappa shape index (κ3) is 2.71. The van der Waals surface area contributed by atoms with Gasteiger partial charge in [-0.1, -0.05) is 29.5 Å². The van der Waals surface area contributed by atoms with Crippen molar-refractivity contribution in [3.63, 3.8) is 0 Å². The summed E-state index contributed by atoms with van der Waals surface area (Å²) >= 11 is 1.45. The van der Waals surface area contributed by atoms with Gasteiger partial charge in [0.25, 0.3) is 5.91 Å². The van der Waals surface area contributed by atoms with Crippen molar-refractivity contribution < 1.29 is 18.7 Å². The van der Waals surface area contributed by atoms with E-state index in [1.165, 1.54) is 11.3 Å². The Kier molecular flexibility index (Phi) is 3.59. The molecule has 0 fully saturated rings. The zero-order chi connectivity index (χ0) is 20.2. The number of rotatable bonds is 3. The van der Waals surface area contributed by atoms with Crippen LogP contribution in [0.5, 0.6) is 11.5 Å². The molecule has 6 rings (SSSR count). The van der Waals surface area contributed by atoms with Gasteiger partial charge in [0.05, 0.1) is 15.9 Å². The van der Waals surface area contributed by atoms with Gasteiger partial charge in [0.2, 0.25) is 11.9 Å². The van der Waals surface area contributed by atoms with E-state index in [1.807, 2.05) is 43.3 Å². The number of thiazole rings is 1. The Labute approximate surface area is 173 Å². The van der Waals surface area contributed by atoms with Crippen molar-refractivity contribution in [1.29, 1.82) is 0 Å². The maximum absolute atomic E-state index is 12.8. The monoisotopic (exact) mass is 418 g/mol. The summed E-state index contributed by atoms with van der Waals surface area (Å²) in [5, 5.41) is 8.88. The van der Waals surface area contributed by atoms with E-state index in [0.29, 0.717) is 28.0 Å². The molecule has 3 aromatic heterocycles. The van der Waals surface area contributed by atoms with E-state index in [9.17, 15) is 4.79 Å². The van der Waals surface area contributed by atoms with E-state index in [-0.39, 0.29) is 18.5 Å². The number of aryl methyl sites for hydroxylation is 1. The van der Waals surface area contributed by atoms with Gasteiger partial charge in [-0.2, -0.15) is 9.78 Å². The average molecular weight is 418 g/mol. The van der Waals surface area contributed by atoms with Crippen molar-refractivity contribution in [2.45, 2.75) is 6.92 Å². The van der Waals surface area contributed by atoms with Crippen LogP contribution >= 0.6 is 11.3 Å². The Morgan fingerprint density at radius 3 is 2.83 bits per heavy atom. The molecule has 0 bridgehead atoms. The largest absolute Gasteiger partial charge is 0.454 e. The minimum atomic E-state index is -0.353. The number of hydrogen-bond donors (Lipinski definition) is 1. The molecule has 0 atom stereocenters. The van der Waals surface area contributed by atoms with E-state index in [0.717, 1.165) is 21.3 Å². The Hall–Kier alpha value is -3.85. The lowest BCUT2D eigenvalue weighted by Crippen LogP contribution is -2.14. The highest BCUT2D eigenvalue weighted by Crippen LogP contribution is 2.39. The lowest BCUT2D eigenvalue weighted by atomic mass is 10.2. The first-order chi connectivity index (χ1) is 14.6. The SMILES string of the molecule is Cc1cc(NC(=O)c2cc3ccccc3o2)n(-c2nc3cc4c(cc3s2)OCO4)n1. The molecule has 0 saturated heterocycles. The molecule has 1 aliphatic rings. The molecule has 0 aliphatic carbocycles. The summed E-state index contributed by atoms with van der Waals surface area (Å²) in [4.78, 5) is 17.4. The quantitative estimate of drug-likeness (QED) is 0.463. The van der Waals surface area contributed by atoms with Crippen LogP contribution in [0.25, 0.3) is 26.3 Å². The number of hydrogen-bond acceptors (Lipinski definition) is 7. The third-order valence-electron chi connectivity index (χ3n) is 4.78. The van der Waals surface area contributed by atoms with Crippen LogP contribution in [-0.2, 0) is 0 Å². The molecule has 1 aliphatic heterocycles. The molecule has 148 valence electrons. The normalized spacial score (nSPS) is 12.7. The molecule has 2 aromatic carbocycles. The number of amides is 1. The first kappa shape index (κ1) is 17.0. The zero-order valence-electron chi connectivity index (χ0n) is 15.7. The molecule has 0 radical (unpaired) electrons. The smallest absolute Gasteiger partial charge is 0.292 e. The molecule has 9 heteroatoms. The van der Waals surface area contributed by atoms with Crippen LogP contribution in [0.4, 0.5) is 5.82 Å². The van der Waals surface area contributed by atoms with Crippen LogP contribution in [0, 0.1) is 6.92 Å². The highest BCUT2D eigenvalue weighted by Gasteiger charge is 2.20. The molecule has 1 amide bonds. The number of anilines is 1. The number of ether oxygens (including phenoxy) is 2. The van der Waals surface area contributed by atoms with Gasteiger partial charge in [-0.05, 0) is 19.1 Å². The average Bonchev–Trinajstić information content (AvgIpc) is 3.50. The molecular formula is C21H14N4O4S. The summed E-state index contributed by atoms with van der Waals surface area (Å²) < 4.78 is 19.1. The predicted octanol–water partition coefficient (Wildman–Crippen LogP) is 4.52. The fourth-order valence-corrected chi connectivity index (χ4v) is 4.34. The van der Waals surface area contributed by atoms with Crippen molar-refractivity contribution in [2.24, 2.45) is 0 Å². The Morgan fingerprint density at radius 1 is 1.13 bits per heavy atom. The summed E-state index contributed by atoms with van der Waals surface area (Å²) in [5.74, 6) is 1.77. The van der Waals surface area contributed by atoms with Crippen molar-refractivity contribution in [1.82, 2.24) is 14.8 Å².